The second-order valence-corrected chi connectivity index (χ2v) is 4.54. The van der Waals surface area contributed by atoms with Gasteiger partial charge in [-0.05, 0) is 24.3 Å². The van der Waals surface area contributed by atoms with Crippen molar-refractivity contribution in [2.75, 3.05) is 18.6 Å². The maximum absolute atomic E-state index is 13.2. The zero-order valence-electron chi connectivity index (χ0n) is 8.29. The molecule has 0 aromatic rings. The second-order valence-electron chi connectivity index (χ2n) is 3.32. The lowest BCUT2D eigenvalue weighted by molar-refractivity contribution is -0.176. The minimum absolute atomic E-state index is 0.413. The summed E-state index contributed by atoms with van der Waals surface area (Å²) in [7, 11) is 0.847. The minimum Gasteiger partial charge on any atom is -0.464 e. The van der Waals surface area contributed by atoms with E-state index in [0.717, 1.165) is 7.11 Å². The van der Waals surface area contributed by atoms with Crippen molar-refractivity contribution in [2.24, 2.45) is 5.92 Å². The van der Waals surface area contributed by atoms with Crippen molar-refractivity contribution in [2.45, 2.75) is 18.8 Å². The molecule has 0 amide bonds. The molecule has 0 aliphatic carbocycles. The molecule has 0 aromatic heterocycles. The van der Waals surface area contributed by atoms with Crippen LogP contribution in [0.3, 0.4) is 0 Å². The van der Waals surface area contributed by atoms with Gasteiger partial charge in [-0.25, -0.2) is 4.79 Å². The predicted octanol–water partition coefficient (Wildman–Crippen LogP) is 1.51. The van der Waals surface area contributed by atoms with Crippen molar-refractivity contribution in [1.29, 1.82) is 0 Å². The Hall–Kier alpha value is -0.650. The zero-order valence-corrected chi connectivity index (χ0v) is 9.11. The van der Waals surface area contributed by atoms with Crippen molar-refractivity contribution in [1.82, 2.24) is 0 Å². The van der Waals surface area contributed by atoms with Gasteiger partial charge in [0.1, 0.15) is 0 Å². The van der Waals surface area contributed by atoms with E-state index in [2.05, 4.69) is 4.74 Å². The number of thioether (sulfide) groups is 1. The molecule has 1 aliphatic rings. The lowest BCUT2D eigenvalue weighted by Crippen LogP contribution is -2.43. The summed E-state index contributed by atoms with van der Waals surface area (Å²) < 4.78 is 30.2. The van der Waals surface area contributed by atoms with Gasteiger partial charge in [-0.15, -0.1) is 0 Å². The van der Waals surface area contributed by atoms with Crippen LogP contribution in [0.4, 0.5) is 8.78 Å². The summed E-state index contributed by atoms with van der Waals surface area (Å²) >= 11 is 1.63. The lowest BCUT2D eigenvalue weighted by Gasteiger charge is -2.23. The number of halogens is 2. The molecule has 1 saturated heterocycles. The van der Waals surface area contributed by atoms with E-state index in [-0.39, 0.29) is 0 Å². The van der Waals surface area contributed by atoms with E-state index in [1.54, 1.807) is 11.8 Å². The van der Waals surface area contributed by atoms with Crippen LogP contribution in [0.15, 0.2) is 0 Å². The van der Waals surface area contributed by atoms with Crippen molar-refractivity contribution in [3.05, 3.63) is 0 Å². The first-order valence-electron chi connectivity index (χ1n) is 4.58. The number of ether oxygens (including phenoxy) is 1. The molecule has 1 aliphatic heterocycles. The molecule has 0 radical (unpaired) electrons. The SMILES string of the molecule is COC(=O)C(F)(F)C(=O)C1CCSCC1. The summed E-state index contributed by atoms with van der Waals surface area (Å²) in [5, 5.41) is 0. The van der Waals surface area contributed by atoms with Gasteiger partial charge in [0.2, 0.25) is 5.78 Å². The van der Waals surface area contributed by atoms with Crippen LogP contribution in [-0.2, 0) is 14.3 Å². The Morgan fingerprint density at radius 1 is 1.33 bits per heavy atom. The standard InChI is InChI=1S/C9H12F2O3S/c1-14-8(13)9(10,11)7(12)6-2-4-15-5-3-6/h6H,2-5H2,1H3. The van der Waals surface area contributed by atoms with Crippen LogP contribution < -0.4 is 0 Å². The molecule has 1 heterocycles. The highest BCUT2D eigenvalue weighted by Crippen LogP contribution is 2.30. The number of carbonyl (C=O) groups excluding carboxylic acids is 2. The van der Waals surface area contributed by atoms with E-state index in [9.17, 15) is 18.4 Å². The quantitative estimate of drug-likeness (QED) is 0.552. The molecule has 0 saturated carbocycles. The van der Waals surface area contributed by atoms with E-state index in [1.165, 1.54) is 0 Å². The van der Waals surface area contributed by atoms with E-state index >= 15 is 0 Å². The van der Waals surface area contributed by atoms with Gasteiger partial charge < -0.3 is 4.74 Å². The summed E-state index contributed by atoms with van der Waals surface area (Å²) in [4.78, 5) is 22.1. The molecule has 1 rings (SSSR count). The minimum atomic E-state index is -3.98. The highest BCUT2D eigenvalue weighted by Gasteiger charge is 2.51. The molecule has 0 aromatic carbocycles. The Bertz CT molecular complexity index is 262. The molecule has 86 valence electrons. The highest BCUT2D eigenvalue weighted by molar-refractivity contribution is 7.99. The fourth-order valence-electron chi connectivity index (χ4n) is 1.44. The third-order valence-corrected chi connectivity index (χ3v) is 3.39. The molecule has 15 heavy (non-hydrogen) atoms. The van der Waals surface area contributed by atoms with Crippen LogP contribution in [0.1, 0.15) is 12.8 Å². The van der Waals surface area contributed by atoms with E-state index < -0.39 is 23.6 Å². The molecule has 0 N–H and O–H groups in total. The maximum atomic E-state index is 13.2. The third kappa shape index (κ3) is 2.68. The van der Waals surface area contributed by atoms with E-state index in [1.807, 2.05) is 0 Å². The smallest absolute Gasteiger partial charge is 0.400 e. The second kappa shape index (κ2) is 4.92. The number of hydrogen-bond donors (Lipinski definition) is 0. The number of carbonyl (C=O) groups is 2. The molecular formula is C9H12F2O3S. The van der Waals surface area contributed by atoms with Crippen LogP contribution in [0.5, 0.6) is 0 Å². The molecule has 0 bridgehead atoms. The number of esters is 1. The van der Waals surface area contributed by atoms with Gasteiger partial charge in [0.25, 0.3) is 0 Å². The van der Waals surface area contributed by atoms with Crippen LogP contribution in [0, 0.1) is 5.92 Å². The Balaban J connectivity index is 2.69. The van der Waals surface area contributed by atoms with E-state index in [4.69, 9.17) is 0 Å². The summed E-state index contributed by atoms with van der Waals surface area (Å²) in [6.45, 7) is 0. The Morgan fingerprint density at radius 3 is 2.33 bits per heavy atom. The largest absolute Gasteiger partial charge is 0.464 e. The van der Waals surface area contributed by atoms with Gasteiger partial charge in [0.15, 0.2) is 0 Å². The van der Waals surface area contributed by atoms with Gasteiger partial charge in [-0.3, -0.25) is 4.79 Å². The first-order valence-corrected chi connectivity index (χ1v) is 5.74. The Morgan fingerprint density at radius 2 is 1.87 bits per heavy atom. The average molecular weight is 238 g/mol. The first-order chi connectivity index (χ1) is 7.00. The average Bonchev–Trinajstić information content (AvgIpc) is 2.28. The highest BCUT2D eigenvalue weighted by atomic mass is 32.2. The van der Waals surface area contributed by atoms with E-state index in [0.29, 0.717) is 24.3 Å². The monoisotopic (exact) mass is 238 g/mol. The molecule has 0 unspecified atom stereocenters. The lowest BCUT2D eigenvalue weighted by atomic mass is 9.93. The zero-order chi connectivity index (χ0) is 11.5. The summed E-state index contributed by atoms with van der Waals surface area (Å²) in [5.74, 6) is -6.37. The first kappa shape index (κ1) is 12.4. The molecule has 3 nitrogen and oxygen atoms in total. The predicted molar refractivity (Wildman–Crippen MR) is 52.0 cm³/mol. The number of Topliss-reactive ketones (excluding diaryl/α,β-unsaturated/α-hetero) is 1. The molecule has 1 fully saturated rings. The molecule has 0 atom stereocenters. The van der Waals surface area contributed by atoms with Gasteiger partial charge >= 0.3 is 11.9 Å². The van der Waals surface area contributed by atoms with Crippen LogP contribution in [0.2, 0.25) is 0 Å². The maximum Gasteiger partial charge on any atom is 0.400 e. The fraction of sp³-hybridized carbons (Fsp3) is 0.778. The van der Waals surface area contributed by atoms with Crippen LogP contribution >= 0.6 is 11.8 Å². The van der Waals surface area contributed by atoms with Gasteiger partial charge in [0.05, 0.1) is 7.11 Å². The third-order valence-electron chi connectivity index (χ3n) is 2.34. The van der Waals surface area contributed by atoms with Gasteiger partial charge in [-0.1, -0.05) is 0 Å². The topological polar surface area (TPSA) is 43.4 Å². The number of alkyl halides is 2. The van der Waals surface area contributed by atoms with Crippen molar-refractivity contribution < 1.29 is 23.1 Å². The van der Waals surface area contributed by atoms with Gasteiger partial charge in [-0.2, -0.15) is 20.5 Å². The van der Waals surface area contributed by atoms with Crippen molar-refractivity contribution in [3.63, 3.8) is 0 Å². The number of hydrogen-bond acceptors (Lipinski definition) is 4. The van der Waals surface area contributed by atoms with Crippen LogP contribution in [0.25, 0.3) is 0 Å². The normalized spacial score (nSPS) is 18.6. The summed E-state index contributed by atoms with van der Waals surface area (Å²) in [6, 6.07) is 0. The number of methoxy groups -OCH3 is 1. The molecule has 0 spiro atoms. The molecular weight excluding hydrogens is 226 g/mol. The van der Waals surface area contributed by atoms with Gasteiger partial charge in [0, 0.05) is 5.92 Å². The van der Waals surface area contributed by atoms with Crippen molar-refractivity contribution in [3.8, 4) is 0 Å². The molecule has 6 heteroatoms. The number of ketones is 1. The summed E-state index contributed by atoms with van der Waals surface area (Å²) in [6.07, 6.45) is 0.826. The number of rotatable bonds is 3. The Kier molecular flexibility index (Phi) is 4.07. The fourth-order valence-corrected chi connectivity index (χ4v) is 2.55. The van der Waals surface area contributed by atoms with Crippen molar-refractivity contribution >= 4 is 23.5 Å². The summed E-state index contributed by atoms with van der Waals surface area (Å²) in [5.41, 5.74) is 0. The van der Waals surface area contributed by atoms with Crippen LogP contribution in [-0.4, -0.2) is 36.3 Å². The Labute approximate surface area is 90.5 Å².